The van der Waals surface area contributed by atoms with Gasteiger partial charge in [0.15, 0.2) is 0 Å². The summed E-state index contributed by atoms with van der Waals surface area (Å²) in [6, 6.07) is 6.18. The molecule has 1 aliphatic rings. The molecule has 2 rings (SSSR count). The molecule has 0 aromatic heterocycles. The van der Waals surface area contributed by atoms with Gasteiger partial charge in [0.05, 0.1) is 17.4 Å². The minimum Gasteiger partial charge on any atom is -0.478 e. The summed E-state index contributed by atoms with van der Waals surface area (Å²) in [5, 5.41) is 18.0. The Morgan fingerprint density at radius 1 is 1.24 bits per heavy atom. The number of hydrogen-bond donors (Lipinski definition) is 2. The van der Waals surface area contributed by atoms with Gasteiger partial charge in [0.1, 0.15) is 0 Å². The van der Waals surface area contributed by atoms with Crippen LogP contribution in [0.5, 0.6) is 0 Å². The van der Waals surface area contributed by atoms with E-state index in [9.17, 15) is 14.7 Å². The Bertz CT molecular complexity index is 497. The van der Waals surface area contributed by atoms with Crippen molar-refractivity contribution in [2.45, 2.75) is 24.5 Å². The molecule has 2 N–H and O–H groups in total. The van der Waals surface area contributed by atoms with E-state index in [2.05, 4.69) is 0 Å². The summed E-state index contributed by atoms with van der Waals surface area (Å²) in [5.41, 5.74) is 0.812. The van der Waals surface area contributed by atoms with Crippen LogP contribution >= 0.6 is 11.8 Å². The summed E-state index contributed by atoms with van der Waals surface area (Å²) in [6.45, 7) is 0.103. The van der Waals surface area contributed by atoms with Crippen molar-refractivity contribution < 1.29 is 19.8 Å². The largest absolute Gasteiger partial charge is 0.478 e. The summed E-state index contributed by atoms with van der Waals surface area (Å²) in [4.78, 5) is 25.0. The standard InChI is InChI=1S/C15H19NO4S/c17-9-8-16(14(18)13-3-1-2-10-21-13)12-6-4-11(5-7-12)15(19)20/h4-7,13,17H,1-3,8-10H2,(H,19,20). The molecule has 6 heteroatoms. The second-order valence-corrected chi connectivity index (χ2v) is 6.23. The van der Waals surface area contributed by atoms with E-state index in [4.69, 9.17) is 5.11 Å². The molecule has 114 valence electrons. The molecule has 0 bridgehead atoms. The lowest BCUT2D eigenvalue weighted by Gasteiger charge is -2.28. The van der Waals surface area contributed by atoms with Crippen molar-refractivity contribution in [3.8, 4) is 0 Å². The van der Waals surface area contributed by atoms with Crippen LogP contribution < -0.4 is 4.90 Å². The number of amides is 1. The van der Waals surface area contributed by atoms with E-state index in [1.807, 2.05) is 0 Å². The van der Waals surface area contributed by atoms with Gasteiger partial charge in [0.2, 0.25) is 5.91 Å². The van der Waals surface area contributed by atoms with E-state index in [-0.39, 0.29) is 29.9 Å². The van der Waals surface area contributed by atoms with Gasteiger partial charge < -0.3 is 15.1 Å². The number of benzene rings is 1. The van der Waals surface area contributed by atoms with Crippen LogP contribution in [0.15, 0.2) is 24.3 Å². The maximum Gasteiger partial charge on any atom is 0.335 e. The Labute approximate surface area is 128 Å². The van der Waals surface area contributed by atoms with Gasteiger partial charge in [-0.2, -0.15) is 0 Å². The van der Waals surface area contributed by atoms with E-state index < -0.39 is 5.97 Å². The number of thioether (sulfide) groups is 1. The third-order valence-electron chi connectivity index (χ3n) is 3.47. The zero-order valence-corrected chi connectivity index (χ0v) is 12.5. The van der Waals surface area contributed by atoms with Crippen molar-refractivity contribution in [1.29, 1.82) is 0 Å². The first-order valence-corrected chi connectivity index (χ1v) is 8.05. The van der Waals surface area contributed by atoms with Crippen molar-refractivity contribution in [1.82, 2.24) is 0 Å². The van der Waals surface area contributed by atoms with E-state index in [1.165, 1.54) is 12.1 Å². The predicted molar refractivity (Wildman–Crippen MR) is 82.9 cm³/mol. The average molecular weight is 309 g/mol. The van der Waals surface area contributed by atoms with Crippen LogP contribution in [0.2, 0.25) is 0 Å². The van der Waals surface area contributed by atoms with Gasteiger partial charge in [0.25, 0.3) is 0 Å². The van der Waals surface area contributed by atoms with Gasteiger partial charge in [-0.05, 0) is 42.9 Å². The lowest BCUT2D eigenvalue weighted by molar-refractivity contribution is -0.118. The Balaban J connectivity index is 2.16. The summed E-state index contributed by atoms with van der Waals surface area (Å²) in [7, 11) is 0. The summed E-state index contributed by atoms with van der Waals surface area (Å²) < 4.78 is 0. The normalized spacial score (nSPS) is 18.2. The van der Waals surface area contributed by atoms with Crippen LogP contribution in [0.3, 0.4) is 0 Å². The molecule has 21 heavy (non-hydrogen) atoms. The number of nitrogens with zero attached hydrogens (tertiary/aromatic N) is 1. The van der Waals surface area contributed by atoms with Crippen LogP contribution in [0.1, 0.15) is 29.6 Å². The monoisotopic (exact) mass is 309 g/mol. The molecule has 0 aliphatic carbocycles. The summed E-state index contributed by atoms with van der Waals surface area (Å²) in [5.74, 6) is -0.0114. The van der Waals surface area contributed by atoms with E-state index in [1.54, 1.807) is 28.8 Å². The Kier molecular flexibility index (Phi) is 5.64. The number of carboxylic acids is 1. The van der Waals surface area contributed by atoms with Crippen molar-refractivity contribution in [3.63, 3.8) is 0 Å². The molecule has 1 amide bonds. The number of carboxylic acid groups (broad SMARTS) is 1. The van der Waals surface area contributed by atoms with E-state index in [0.717, 1.165) is 25.0 Å². The number of carbonyl (C=O) groups excluding carboxylic acids is 1. The van der Waals surface area contributed by atoms with E-state index >= 15 is 0 Å². The molecule has 0 radical (unpaired) electrons. The Hall–Kier alpha value is -1.53. The van der Waals surface area contributed by atoms with Crippen LogP contribution in [0.25, 0.3) is 0 Å². The van der Waals surface area contributed by atoms with Crippen LogP contribution in [0.4, 0.5) is 5.69 Å². The Morgan fingerprint density at radius 3 is 2.48 bits per heavy atom. The van der Waals surface area contributed by atoms with Gasteiger partial charge in [-0.3, -0.25) is 4.79 Å². The third-order valence-corrected chi connectivity index (χ3v) is 4.83. The maximum atomic E-state index is 12.6. The first kappa shape index (κ1) is 15.9. The van der Waals surface area contributed by atoms with Crippen molar-refractivity contribution in [2.24, 2.45) is 0 Å². The molecule has 1 aliphatic heterocycles. The molecule has 1 atom stereocenters. The lowest BCUT2D eigenvalue weighted by atomic mass is 10.1. The number of aliphatic hydroxyl groups is 1. The molecule has 1 fully saturated rings. The lowest BCUT2D eigenvalue weighted by Crippen LogP contribution is -2.40. The summed E-state index contributed by atoms with van der Waals surface area (Å²) in [6.07, 6.45) is 3.05. The highest BCUT2D eigenvalue weighted by atomic mass is 32.2. The average Bonchev–Trinajstić information content (AvgIpc) is 2.53. The molecule has 5 nitrogen and oxygen atoms in total. The molecular weight excluding hydrogens is 290 g/mol. The minimum absolute atomic E-state index is 0.00294. The quantitative estimate of drug-likeness (QED) is 0.870. The van der Waals surface area contributed by atoms with Gasteiger partial charge in [0, 0.05) is 12.2 Å². The first-order valence-electron chi connectivity index (χ1n) is 7.00. The topological polar surface area (TPSA) is 77.8 Å². The van der Waals surface area contributed by atoms with Crippen molar-refractivity contribution in [2.75, 3.05) is 23.8 Å². The highest BCUT2D eigenvalue weighted by molar-refractivity contribution is 8.00. The van der Waals surface area contributed by atoms with Gasteiger partial charge in [-0.25, -0.2) is 4.79 Å². The molecule has 1 aromatic carbocycles. The highest BCUT2D eigenvalue weighted by Crippen LogP contribution is 2.28. The molecule has 1 saturated heterocycles. The van der Waals surface area contributed by atoms with Gasteiger partial charge >= 0.3 is 5.97 Å². The Morgan fingerprint density at radius 2 is 1.95 bits per heavy atom. The second kappa shape index (κ2) is 7.47. The summed E-state index contributed by atoms with van der Waals surface area (Å²) >= 11 is 1.66. The fourth-order valence-electron chi connectivity index (χ4n) is 2.36. The highest BCUT2D eigenvalue weighted by Gasteiger charge is 2.27. The first-order chi connectivity index (χ1) is 10.1. The predicted octanol–water partition coefficient (Wildman–Crippen LogP) is 2.00. The van der Waals surface area contributed by atoms with Gasteiger partial charge in [-0.15, -0.1) is 11.8 Å². The van der Waals surface area contributed by atoms with Crippen molar-refractivity contribution in [3.05, 3.63) is 29.8 Å². The zero-order chi connectivity index (χ0) is 15.2. The van der Waals surface area contributed by atoms with Gasteiger partial charge in [-0.1, -0.05) is 6.42 Å². The maximum absolute atomic E-state index is 12.6. The molecule has 1 heterocycles. The second-order valence-electron chi connectivity index (χ2n) is 4.92. The zero-order valence-electron chi connectivity index (χ0n) is 11.7. The van der Waals surface area contributed by atoms with Crippen molar-refractivity contribution >= 4 is 29.3 Å². The van der Waals surface area contributed by atoms with Crippen LogP contribution in [0, 0.1) is 0 Å². The number of carbonyl (C=O) groups is 2. The van der Waals surface area contributed by atoms with Crippen LogP contribution in [-0.2, 0) is 4.79 Å². The number of hydrogen-bond acceptors (Lipinski definition) is 4. The number of aromatic carboxylic acids is 1. The fraction of sp³-hybridized carbons (Fsp3) is 0.467. The molecular formula is C15H19NO4S. The molecule has 0 saturated carbocycles. The number of rotatable bonds is 5. The molecule has 1 unspecified atom stereocenters. The third kappa shape index (κ3) is 3.98. The minimum atomic E-state index is -0.996. The molecule has 1 aromatic rings. The smallest absolute Gasteiger partial charge is 0.335 e. The number of aliphatic hydroxyl groups excluding tert-OH is 1. The SMILES string of the molecule is O=C(O)c1ccc(N(CCO)C(=O)C2CCCCS2)cc1. The van der Waals surface area contributed by atoms with Crippen LogP contribution in [-0.4, -0.2) is 46.2 Å². The fourth-order valence-corrected chi connectivity index (χ4v) is 3.62. The molecule has 0 spiro atoms. The number of anilines is 1. The van der Waals surface area contributed by atoms with E-state index in [0.29, 0.717) is 5.69 Å².